The maximum absolute atomic E-state index is 13.1. The number of carbonyl (C=O) groups is 1. The van der Waals surface area contributed by atoms with Crippen LogP contribution in [0.5, 0.6) is 0 Å². The Morgan fingerprint density at radius 3 is 2.42 bits per heavy atom. The lowest BCUT2D eigenvalue weighted by Gasteiger charge is -2.29. The van der Waals surface area contributed by atoms with Crippen LogP contribution in [-0.4, -0.2) is 42.0 Å². The second-order valence-corrected chi connectivity index (χ2v) is 8.68. The van der Waals surface area contributed by atoms with E-state index in [0.29, 0.717) is 42.8 Å². The number of amides is 1. The lowest BCUT2D eigenvalue weighted by atomic mass is 9.97. The Hall–Kier alpha value is -3.74. The van der Waals surface area contributed by atoms with Crippen LogP contribution in [0.25, 0.3) is 0 Å². The molecule has 9 heteroatoms. The first-order valence-electron chi connectivity index (χ1n) is 11.4. The quantitative estimate of drug-likeness (QED) is 0.515. The molecule has 1 aromatic heterocycles. The van der Waals surface area contributed by atoms with Gasteiger partial charge in [0.05, 0.1) is 35.5 Å². The summed E-state index contributed by atoms with van der Waals surface area (Å²) in [7, 11) is 1.58. The van der Waals surface area contributed by atoms with E-state index in [1.54, 1.807) is 37.6 Å². The SMILES string of the molecule is COCc1ccc(C(c2ccc(C(F)(F)F)cc2)N2CC[C@@H](NC(=O)c3ccc(C#N)cc3)C2)cn1. The van der Waals surface area contributed by atoms with Gasteiger partial charge in [-0.2, -0.15) is 18.4 Å². The number of methoxy groups -OCH3 is 1. The Morgan fingerprint density at radius 1 is 1.14 bits per heavy atom. The maximum Gasteiger partial charge on any atom is 0.416 e. The van der Waals surface area contributed by atoms with Crippen LogP contribution in [0.4, 0.5) is 13.2 Å². The van der Waals surface area contributed by atoms with Crippen molar-refractivity contribution in [3.8, 4) is 6.07 Å². The number of benzene rings is 2. The van der Waals surface area contributed by atoms with Gasteiger partial charge in [-0.25, -0.2) is 0 Å². The van der Waals surface area contributed by atoms with Gasteiger partial charge in [-0.1, -0.05) is 18.2 Å². The number of aromatic nitrogens is 1. The van der Waals surface area contributed by atoms with Crippen molar-refractivity contribution in [2.75, 3.05) is 20.2 Å². The molecule has 2 heterocycles. The Kier molecular flexibility index (Phi) is 7.67. The first kappa shape index (κ1) is 25.4. The number of nitriles is 1. The number of rotatable bonds is 7. The van der Waals surface area contributed by atoms with Crippen LogP contribution in [0, 0.1) is 11.3 Å². The topological polar surface area (TPSA) is 78.2 Å². The molecule has 186 valence electrons. The molecule has 2 aromatic carbocycles. The van der Waals surface area contributed by atoms with E-state index >= 15 is 0 Å². The van der Waals surface area contributed by atoms with E-state index in [1.165, 1.54) is 12.1 Å². The predicted molar refractivity (Wildman–Crippen MR) is 127 cm³/mol. The number of alkyl halides is 3. The van der Waals surface area contributed by atoms with Gasteiger partial charge in [-0.05, 0) is 60.0 Å². The number of ether oxygens (including phenoxy) is 1. The van der Waals surface area contributed by atoms with Crippen molar-refractivity contribution < 1.29 is 22.7 Å². The molecule has 1 amide bonds. The summed E-state index contributed by atoms with van der Waals surface area (Å²) in [5.74, 6) is -0.233. The zero-order valence-corrected chi connectivity index (χ0v) is 19.6. The smallest absolute Gasteiger partial charge is 0.378 e. The number of nitrogens with zero attached hydrogens (tertiary/aromatic N) is 3. The molecule has 1 fully saturated rings. The van der Waals surface area contributed by atoms with Crippen LogP contribution in [-0.2, 0) is 17.5 Å². The lowest BCUT2D eigenvalue weighted by molar-refractivity contribution is -0.137. The Bertz CT molecular complexity index is 1220. The van der Waals surface area contributed by atoms with Gasteiger partial charge in [0.2, 0.25) is 0 Å². The summed E-state index contributed by atoms with van der Waals surface area (Å²) in [5.41, 5.74) is 2.54. The van der Waals surface area contributed by atoms with Crippen LogP contribution in [0.2, 0.25) is 0 Å². The van der Waals surface area contributed by atoms with E-state index < -0.39 is 11.7 Å². The number of carbonyl (C=O) groups excluding carboxylic acids is 1. The fourth-order valence-corrected chi connectivity index (χ4v) is 4.40. The standard InChI is InChI=1S/C27H25F3N4O2/c1-36-17-24-11-8-21(15-32-24)25(19-6-9-22(10-7-19)27(28,29)30)34-13-12-23(16-34)33-26(35)20-4-2-18(14-31)3-5-20/h2-11,15,23,25H,12-13,16-17H2,1H3,(H,33,35)/t23-,25?/m1/s1. The second kappa shape index (κ2) is 10.9. The summed E-state index contributed by atoms with van der Waals surface area (Å²) in [6.07, 6.45) is -2.00. The second-order valence-electron chi connectivity index (χ2n) is 8.68. The van der Waals surface area contributed by atoms with Crippen LogP contribution in [0.1, 0.15) is 50.8 Å². The molecule has 2 atom stereocenters. The minimum Gasteiger partial charge on any atom is -0.378 e. The highest BCUT2D eigenvalue weighted by Gasteiger charge is 2.33. The molecule has 1 aliphatic rings. The minimum absolute atomic E-state index is 0.134. The third kappa shape index (κ3) is 5.90. The zero-order chi connectivity index (χ0) is 25.7. The molecular weight excluding hydrogens is 469 g/mol. The number of likely N-dealkylation sites (tertiary alicyclic amines) is 1. The normalized spacial score (nSPS) is 16.9. The monoisotopic (exact) mass is 494 g/mol. The molecule has 1 unspecified atom stereocenters. The van der Waals surface area contributed by atoms with Gasteiger partial charge < -0.3 is 10.1 Å². The molecular formula is C27H25F3N4O2. The highest BCUT2D eigenvalue weighted by molar-refractivity contribution is 5.94. The molecule has 0 aliphatic carbocycles. The summed E-state index contributed by atoms with van der Waals surface area (Å²) in [4.78, 5) is 19.3. The third-order valence-electron chi connectivity index (χ3n) is 6.21. The lowest BCUT2D eigenvalue weighted by Crippen LogP contribution is -2.38. The van der Waals surface area contributed by atoms with Gasteiger partial charge in [0.25, 0.3) is 5.91 Å². The molecule has 0 radical (unpaired) electrons. The van der Waals surface area contributed by atoms with Crippen molar-refractivity contribution in [3.63, 3.8) is 0 Å². The highest BCUT2D eigenvalue weighted by Crippen LogP contribution is 2.34. The summed E-state index contributed by atoms with van der Waals surface area (Å²) in [5, 5.41) is 12.0. The molecule has 1 aliphatic heterocycles. The third-order valence-corrected chi connectivity index (χ3v) is 6.21. The van der Waals surface area contributed by atoms with E-state index in [1.807, 2.05) is 18.2 Å². The van der Waals surface area contributed by atoms with Gasteiger partial charge in [-0.15, -0.1) is 0 Å². The number of halogens is 3. The first-order valence-corrected chi connectivity index (χ1v) is 11.4. The zero-order valence-electron chi connectivity index (χ0n) is 19.6. The maximum atomic E-state index is 13.1. The number of hydrogen-bond donors (Lipinski definition) is 1. The number of hydrogen-bond acceptors (Lipinski definition) is 5. The van der Waals surface area contributed by atoms with Crippen molar-refractivity contribution in [1.82, 2.24) is 15.2 Å². The molecule has 0 bridgehead atoms. The summed E-state index contributed by atoms with van der Waals surface area (Å²) in [6, 6.07) is 16.9. The van der Waals surface area contributed by atoms with Crippen molar-refractivity contribution >= 4 is 5.91 Å². The predicted octanol–water partition coefficient (Wildman–Crippen LogP) is 4.71. The van der Waals surface area contributed by atoms with Gasteiger partial charge >= 0.3 is 6.18 Å². The van der Waals surface area contributed by atoms with Crippen molar-refractivity contribution in [1.29, 1.82) is 5.26 Å². The van der Waals surface area contributed by atoms with Gasteiger partial charge in [0.15, 0.2) is 0 Å². The van der Waals surface area contributed by atoms with Crippen molar-refractivity contribution in [3.05, 3.63) is 100 Å². The molecule has 1 saturated heterocycles. The van der Waals surface area contributed by atoms with E-state index in [2.05, 4.69) is 15.2 Å². The molecule has 4 rings (SSSR count). The van der Waals surface area contributed by atoms with Gasteiger partial charge in [-0.3, -0.25) is 14.7 Å². The van der Waals surface area contributed by atoms with Gasteiger partial charge in [0.1, 0.15) is 0 Å². The van der Waals surface area contributed by atoms with Crippen LogP contribution < -0.4 is 5.32 Å². The summed E-state index contributed by atoms with van der Waals surface area (Å²) < 4.78 is 44.5. The molecule has 0 spiro atoms. The first-order chi connectivity index (χ1) is 17.3. The Balaban J connectivity index is 1.54. The van der Waals surface area contributed by atoms with Crippen molar-refractivity contribution in [2.45, 2.75) is 31.3 Å². The van der Waals surface area contributed by atoms with E-state index in [9.17, 15) is 18.0 Å². The van der Waals surface area contributed by atoms with Crippen LogP contribution in [0.3, 0.4) is 0 Å². The van der Waals surface area contributed by atoms with E-state index in [0.717, 1.165) is 23.4 Å². The average Bonchev–Trinajstić information content (AvgIpc) is 3.33. The Morgan fingerprint density at radius 2 is 1.83 bits per heavy atom. The number of pyridine rings is 1. The minimum atomic E-state index is -4.41. The molecule has 6 nitrogen and oxygen atoms in total. The van der Waals surface area contributed by atoms with Crippen LogP contribution >= 0.6 is 0 Å². The Labute approximate surface area is 207 Å². The van der Waals surface area contributed by atoms with Gasteiger partial charge in [0, 0.05) is 38.0 Å². The number of nitrogens with one attached hydrogen (secondary N) is 1. The average molecular weight is 495 g/mol. The molecule has 1 N–H and O–H groups in total. The molecule has 0 saturated carbocycles. The molecule has 3 aromatic rings. The van der Waals surface area contributed by atoms with E-state index in [4.69, 9.17) is 10.00 Å². The summed E-state index contributed by atoms with van der Waals surface area (Å²) >= 11 is 0. The fraction of sp³-hybridized carbons (Fsp3) is 0.296. The summed E-state index contributed by atoms with van der Waals surface area (Å²) in [6.45, 7) is 1.52. The fourth-order valence-electron chi connectivity index (χ4n) is 4.40. The highest BCUT2D eigenvalue weighted by atomic mass is 19.4. The largest absolute Gasteiger partial charge is 0.416 e. The van der Waals surface area contributed by atoms with Crippen LogP contribution in [0.15, 0.2) is 66.9 Å². The van der Waals surface area contributed by atoms with E-state index in [-0.39, 0.29) is 18.0 Å². The van der Waals surface area contributed by atoms with Crippen molar-refractivity contribution in [2.24, 2.45) is 0 Å². The molecule has 36 heavy (non-hydrogen) atoms.